The van der Waals surface area contributed by atoms with Crippen molar-refractivity contribution < 1.29 is 28.5 Å². The molecule has 27 heavy (non-hydrogen) atoms. The molecule has 0 radical (unpaired) electrons. The second-order valence-electron chi connectivity index (χ2n) is 6.20. The predicted molar refractivity (Wildman–Crippen MR) is 102 cm³/mol. The first-order valence-electron chi connectivity index (χ1n) is 8.41. The third kappa shape index (κ3) is 3.80. The summed E-state index contributed by atoms with van der Waals surface area (Å²) >= 11 is 2.04. The monoisotopic (exact) mass is 494 g/mol. The van der Waals surface area contributed by atoms with Gasteiger partial charge in [-0.1, -0.05) is 6.92 Å². The summed E-state index contributed by atoms with van der Waals surface area (Å²) in [7, 11) is 0. The van der Waals surface area contributed by atoms with E-state index in [1.165, 1.54) is 10.9 Å². The summed E-state index contributed by atoms with van der Waals surface area (Å²) in [5.74, 6) is 0.264. The second-order valence-corrected chi connectivity index (χ2v) is 7.37. The summed E-state index contributed by atoms with van der Waals surface area (Å²) in [4.78, 5) is 20.0. The number of hydrogen-bond acceptors (Lipinski definition) is 8. The molecule has 9 nitrogen and oxygen atoms in total. The van der Waals surface area contributed by atoms with Gasteiger partial charge >= 0.3 is 6.16 Å². The van der Waals surface area contributed by atoms with Crippen molar-refractivity contribution in [2.45, 2.75) is 51.0 Å². The average molecular weight is 494 g/mol. The lowest BCUT2D eigenvalue weighted by Gasteiger charge is -2.19. The van der Waals surface area contributed by atoms with E-state index in [4.69, 9.17) is 19.9 Å². The van der Waals surface area contributed by atoms with Crippen LogP contribution < -0.4 is 5.73 Å². The van der Waals surface area contributed by atoms with Crippen LogP contribution in [0.3, 0.4) is 0 Å². The molecule has 1 aliphatic heterocycles. The Labute approximate surface area is 168 Å². The van der Waals surface area contributed by atoms with Gasteiger partial charge in [-0.05, 0) is 35.9 Å². The van der Waals surface area contributed by atoms with Crippen molar-refractivity contribution in [1.29, 1.82) is 0 Å². The lowest BCUT2D eigenvalue weighted by atomic mass is 10.1. The Morgan fingerprint density at radius 2 is 2.30 bits per heavy atom. The Hall–Kier alpha value is -1.73. The van der Waals surface area contributed by atoms with Crippen LogP contribution in [0.1, 0.15) is 26.5 Å². The van der Waals surface area contributed by atoms with E-state index >= 15 is 4.39 Å². The van der Waals surface area contributed by atoms with E-state index in [2.05, 4.69) is 9.97 Å². The highest BCUT2D eigenvalue weighted by molar-refractivity contribution is 14.1. The maximum atomic E-state index is 15.1. The van der Waals surface area contributed by atoms with E-state index in [1.807, 2.05) is 29.5 Å². The number of halogens is 2. The van der Waals surface area contributed by atoms with Crippen molar-refractivity contribution in [1.82, 2.24) is 14.5 Å². The molecule has 11 heteroatoms. The fourth-order valence-corrected chi connectivity index (χ4v) is 3.67. The fraction of sp³-hybridized carbons (Fsp3) is 0.562. The summed E-state index contributed by atoms with van der Waals surface area (Å²) < 4.78 is 33.0. The lowest BCUT2D eigenvalue weighted by Crippen LogP contribution is -2.36. The molecular formula is C16H20FIN4O5. The Morgan fingerprint density at radius 1 is 1.56 bits per heavy atom. The van der Waals surface area contributed by atoms with Crippen molar-refractivity contribution >= 4 is 45.6 Å². The topological polar surface area (TPSA) is 122 Å². The molecule has 1 saturated heterocycles. The lowest BCUT2D eigenvalue weighted by molar-refractivity contribution is -0.0596. The smallest absolute Gasteiger partial charge is 0.431 e. The molecular weight excluding hydrogens is 474 g/mol. The van der Waals surface area contributed by atoms with Crippen molar-refractivity contribution in [3.63, 3.8) is 0 Å². The SMILES string of the molecule is CCC(C)OC(=O)O[C@H]1[C@H](F)[C@H](n2cc(I)c3c(N)ncnc32)O[C@@H]1CO. The van der Waals surface area contributed by atoms with Gasteiger partial charge in [-0.3, -0.25) is 0 Å². The molecule has 148 valence electrons. The molecule has 5 atom stereocenters. The Kier molecular flexibility index (Phi) is 6.01. The first kappa shape index (κ1) is 20.0. The summed E-state index contributed by atoms with van der Waals surface area (Å²) in [6.45, 7) is 3.02. The minimum absolute atomic E-state index is 0.264. The van der Waals surface area contributed by atoms with Gasteiger partial charge in [-0.25, -0.2) is 19.2 Å². The molecule has 0 aromatic carbocycles. The molecule has 0 aliphatic carbocycles. The minimum Gasteiger partial charge on any atom is -0.431 e. The number of ether oxygens (including phenoxy) is 3. The highest BCUT2D eigenvalue weighted by Crippen LogP contribution is 2.37. The average Bonchev–Trinajstić information content (AvgIpc) is 3.13. The first-order chi connectivity index (χ1) is 12.9. The maximum Gasteiger partial charge on any atom is 0.509 e. The van der Waals surface area contributed by atoms with Crippen LogP contribution in [0.25, 0.3) is 11.0 Å². The van der Waals surface area contributed by atoms with Crippen LogP contribution in [0.15, 0.2) is 12.5 Å². The zero-order valence-corrected chi connectivity index (χ0v) is 16.9. The van der Waals surface area contributed by atoms with E-state index in [0.717, 1.165) is 3.57 Å². The maximum absolute atomic E-state index is 15.1. The molecule has 3 N–H and O–H groups in total. The van der Waals surface area contributed by atoms with Gasteiger partial charge in [0, 0.05) is 9.77 Å². The van der Waals surface area contributed by atoms with E-state index < -0.39 is 37.4 Å². The Bertz CT molecular complexity index is 834. The van der Waals surface area contributed by atoms with Gasteiger partial charge in [0.2, 0.25) is 0 Å². The van der Waals surface area contributed by atoms with Crippen LogP contribution in [0.2, 0.25) is 0 Å². The molecule has 1 aliphatic rings. The van der Waals surface area contributed by atoms with E-state index in [-0.39, 0.29) is 11.9 Å². The zero-order valence-electron chi connectivity index (χ0n) is 14.7. The number of carbonyl (C=O) groups excluding carboxylic acids is 1. The second kappa shape index (κ2) is 8.10. The van der Waals surface area contributed by atoms with Gasteiger partial charge in [-0.15, -0.1) is 0 Å². The normalized spacial score (nSPS) is 26.3. The number of alkyl halides is 1. The first-order valence-corrected chi connectivity index (χ1v) is 9.49. The minimum atomic E-state index is -1.74. The summed E-state index contributed by atoms with van der Waals surface area (Å²) in [6, 6.07) is 0. The van der Waals surface area contributed by atoms with E-state index in [9.17, 15) is 9.90 Å². The van der Waals surface area contributed by atoms with Crippen LogP contribution in [-0.2, 0) is 14.2 Å². The third-order valence-electron chi connectivity index (χ3n) is 4.42. The highest BCUT2D eigenvalue weighted by atomic mass is 127. The molecule has 0 saturated carbocycles. The number of aliphatic hydroxyl groups is 1. The van der Waals surface area contributed by atoms with E-state index in [1.54, 1.807) is 13.1 Å². The molecule has 0 bridgehead atoms. The van der Waals surface area contributed by atoms with Gasteiger partial charge in [0.25, 0.3) is 0 Å². The number of hydrogen-bond donors (Lipinski definition) is 2. The number of fused-ring (bicyclic) bond motifs is 1. The summed E-state index contributed by atoms with van der Waals surface area (Å²) in [5, 5.41) is 10.1. The van der Waals surface area contributed by atoms with Gasteiger partial charge in [-0.2, -0.15) is 0 Å². The predicted octanol–water partition coefficient (Wildman–Crippen LogP) is 2.17. The molecule has 2 aromatic rings. The van der Waals surface area contributed by atoms with Gasteiger partial charge in [0.1, 0.15) is 30.0 Å². The van der Waals surface area contributed by atoms with Crippen molar-refractivity contribution in [2.24, 2.45) is 0 Å². The van der Waals surface area contributed by atoms with Gasteiger partial charge in [0.15, 0.2) is 18.5 Å². The van der Waals surface area contributed by atoms with Crippen LogP contribution >= 0.6 is 22.6 Å². The number of aliphatic hydroxyl groups excluding tert-OH is 1. The molecule has 3 heterocycles. The van der Waals surface area contributed by atoms with Crippen molar-refractivity contribution in [2.75, 3.05) is 12.3 Å². The quantitative estimate of drug-likeness (QED) is 0.479. The summed E-state index contributed by atoms with van der Waals surface area (Å²) in [5.41, 5.74) is 6.27. The molecule has 1 fully saturated rings. The zero-order chi connectivity index (χ0) is 19.7. The van der Waals surface area contributed by atoms with Crippen LogP contribution in [0.4, 0.5) is 15.0 Å². The number of nitrogen functional groups attached to an aromatic ring is 1. The molecule has 2 aromatic heterocycles. The standard InChI is InChI=1S/C16H20FIN4O5/c1-3-7(2)25-16(24)27-12-9(5-23)26-15(11(12)17)22-4-8(18)10-13(19)20-6-21-14(10)22/h4,6-7,9,11-12,15,23H,3,5H2,1-2H3,(H2,19,20,21)/t7?,9-,11+,12-,15-/m1/s1. The molecule has 1 unspecified atom stereocenters. The number of nitrogens with zero attached hydrogens (tertiary/aromatic N) is 3. The van der Waals surface area contributed by atoms with E-state index in [0.29, 0.717) is 17.5 Å². The molecule has 0 spiro atoms. The largest absolute Gasteiger partial charge is 0.509 e. The van der Waals surface area contributed by atoms with Gasteiger partial charge in [0.05, 0.1) is 12.0 Å². The number of anilines is 1. The number of aromatic nitrogens is 3. The van der Waals surface area contributed by atoms with Crippen LogP contribution in [-0.4, -0.2) is 56.9 Å². The Balaban J connectivity index is 1.86. The third-order valence-corrected chi connectivity index (χ3v) is 5.24. The number of rotatable bonds is 5. The Morgan fingerprint density at radius 3 is 2.96 bits per heavy atom. The van der Waals surface area contributed by atoms with Crippen molar-refractivity contribution in [3.05, 3.63) is 16.1 Å². The fourth-order valence-electron chi connectivity index (χ4n) is 2.85. The number of nitrogens with two attached hydrogens (primary N) is 1. The van der Waals surface area contributed by atoms with Crippen LogP contribution in [0.5, 0.6) is 0 Å². The van der Waals surface area contributed by atoms with Crippen molar-refractivity contribution in [3.8, 4) is 0 Å². The van der Waals surface area contributed by atoms with Gasteiger partial charge < -0.3 is 29.6 Å². The highest BCUT2D eigenvalue weighted by Gasteiger charge is 2.49. The van der Waals surface area contributed by atoms with Crippen LogP contribution in [0, 0.1) is 3.57 Å². The molecule has 0 amide bonds. The summed E-state index contributed by atoms with van der Waals surface area (Å²) in [6.07, 6.45) is -3.12. The number of carbonyl (C=O) groups is 1. The molecule has 3 rings (SSSR count).